The zero-order valence-electron chi connectivity index (χ0n) is 10.5. The average Bonchev–Trinajstić information content (AvgIpc) is 2.12. The molecule has 0 aromatic heterocycles. The van der Waals surface area contributed by atoms with Crippen LogP contribution in [0.3, 0.4) is 0 Å². The Kier molecular flexibility index (Phi) is 6.70. The van der Waals surface area contributed by atoms with Crippen LogP contribution in [0.5, 0.6) is 0 Å². The molecule has 0 bridgehead atoms. The third kappa shape index (κ3) is 6.99. The maximum absolute atomic E-state index is 11.1. The summed E-state index contributed by atoms with van der Waals surface area (Å²) in [6.45, 7) is 9.78. The average molecular weight is 376 g/mol. The summed E-state index contributed by atoms with van der Waals surface area (Å²) in [7, 11) is -3.58. The Morgan fingerprint density at radius 3 is 2.19 bits per heavy atom. The Bertz CT molecular complexity index is 244. The van der Waals surface area contributed by atoms with E-state index < -0.39 is 28.7 Å². The molecule has 7 heteroatoms. The molecule has 0 spiro atoms. The molecule has 0 amide bonds. The van der Waals surface area contributed by atoms with E-state index in [4.69, 9.17) is 14.0 Å². The minimum atomic E-state index is -1.97. The maximum Gasteiger partial charge on any atom is 0.334 e. The van der Waals surface area contributed by atoms with Gasteiger partial charge in [0.15, 0.2) is 8.32 Å². The zero-order chi connectivity index (χ0) is 13.0. The standard InChI is InChI=1S/C9H21IO4Si2/c1-8(11)9(12)13-7-16(4,5)14-15(2,3)6-10/h8,11H,6-7H2,1-5H3. The largest absolute Gasteiger partial charge is 0.465 e. The molecule has 1 N–H and O–H groups in total. The van der Waals surface area contributed by atoms with Gasteiger partial charge in [-0.2, -0.15) is 0 Å². The van der Waals surface area contributed by atoms with Gasteiger partial charge in [0.05, 0.1) is 0 Å². The van der Waals surface area contributed by atoms with Crippen LogP contribution in [-0.4, -0.2) is 44.1 Å². The Balaban J connectivity index is 4.20. The molecule has 96 valence electrons. The second-order valence-corrected chi connectivity index (χ2v) is 15.7. The number of esters is 1. The van der Waals surface area contributed by atoms with Gasteiger partial charge in [0, 0.05) is 4.05 Å². The van der Waals surface area contributed by atoms with Gasteiger partial charge in [-0.1, -0.05) is 22.6 Å². The lowest BCUT2D eigenvalue weighted by Crippen LogP contribution is -2.49. The van der Waals surface area contributed by atoms with E-state index in [0.717, 1.165) is 4.05 Å². The van der Waals surface area contributed by atoms with Crippen molar-refractivity contribution in [2.24, 2.45) is 0 Å². The number of rotatable bonds is 6. The molecule has 0 fully saturated rings. The molecule has 0 aromatic carbocycles. The highest BCUT2D eigenvalue weighted by Gasteiger charge is 2.33. The molecule has 1 atom stereocenters. The number of aliphatic hydroxyl groups is 1. The van der Waals surface area contributed by atoms with Crippen LogP contribution in [0, 0.1) is 0 Å². The van der Waals surface area contributed by atoms with Crippen molar-refractivity contribution in [1.82, 2.24) is 0 Å². The number of carbonyl (C=O) groups is 1. The van der Waals surface area contributed by atoms with E-state index in [1.165, 1.54) is 6.92 Å². The summed E-state index contributed by atoms with van der Waals surface area (Å²) >= 11 is 2.33. The predicted molar refractivity (Wildman–Crippen MR) is 77.6 cm³/mol. The number of alkyl halides is 1. The van der Waals surface area contributed by atoms with Gasteiger partial charge in [-0.15, -0.1) is 0 Å². The zero-order valence-corrected chi connectivity index (χ0v) is 14.7. The number of halogens is 1. The van der Waals surface area contributed by atoms with E-state index in [-0.39, 0.29) is 0 Å². The van der Waals surface area contributed by atoms with E-state index in [0.29, 0.717) is 6.23 Å². The van der Waals surface area contributed by atoms with Gasteiger partial charge in [-0.3, -0.25) is 0 Å². The van der Waals surface area contributed by atoms with E-state index >= 15 is 0 Å². The lowest BCUT2D eigenvalue weighted by atomic mass is 10.4. The molecular weight excluding hydrogens is 355 g/mol. The number of aliphatic hydroxyl groups excluding tert-OH is 1. The molecular formula is C9H21IO4Si2. The van der Waals surface area contributed by atoms with Crippen LogP contribution in [0.2, 0.25) is 26.2 Å². The van der Waals surface area contributed by atoms with E-state index in [9.17, 15) is 4.79 Å². The highest BCUT2D eigenvalue weighted by molar-refractivity contribution is 14.1. The molecule has 0 aliphatic heterocycles. The smallest absolute Gasteiger partial charge is 0.334 e. The minimum absolute atomic E-state index is 0.309. The fourth-order valence-electron chi connectivity index (χ4n) is 1.17. The van der Waals surface area contributed by atoms with Crippen LogP contribution in [0.15, 0.2) is 0 Å². The first kappa shape index (κ1) is 16.6. The quantitative estimate of drug-likeness (QED) is 0.333. The van der Waals surface area contributed by atoms with Crippen LogP contribution in [-0.2, 0) is 13.6 Å². The third-order valence-corrected chi connectivity index (χ3v) is 13.2. The summed E-state index contributed by atoms with van der Waals surface area (Å²) in [6, 6.07) is 0. The highest BCUT2D eigenvalue weighted by atomic mass is 127. The first-order chi connectivity index (χ1) is 7.09. The first-order valence-corrected chi connectivity index (χ1v) is 13.0. The number of hydrogen-bond acceptors (Lipinski definition) is 4. The van der Waals surface area contributed by atoms with Gasteiger partial charge < -0.3 is 14.0 Å². The van der Waals surface area contributed by atoms with Gasteiger partial charge in [-0.25, -0.2) is 4.79 Å². The monoisotopic (exact) mass is 376 g/mol. The molecule has 0 rings (SSSR count). The Morgan fingerprint density at radius 2 is 1.81 bits per heavy atom. The normalized spacial score (nSPS) is 14.7. The fourth-order valence-corrected chi connectivity index (χ4v) is 9.50. The fraction of sp³-hybridized carbons (Fsp3) is 0.889. The molecule has 0 radical (unpaired) electrons. The van der Waals surface area contributed by atoms with E-state index in [1.807, 2.05) is 13.1 Å². The lowest BCUT2D eigenvalue weighted by Gasteiger charge is -2.32. The van der Waals surface area contributed by atoms with Gasteiger partial charge >= 0.3 is 5.97 Å². The Hall–Kier alpha value is 0.554. The molecule has 0 heterocycles. The number of carbonyl (C=O) groups excluding carboxylic acids is 1. The SMILES string of the molecule is CC(O)C(=O)OC[Si](C)(C)O[Si](C)(C)CI. The van der Waals surface area contributed by atoms with Crippen molar-refractivity contribution >= 4 is 45.2 Å². The van der Waals surface area contributed by atoms with Gasteiger partial charge in [-0.05, 0) is 33.1 Å². The topological polar surface area (TPSA) is 55.8 Å². The summed E-state index contributed by atoms with van der Waals surface area (Å²) < 4.78 is 12.2. The summed E-state index contributed by atoms with van der Waals surface area (Å²) in [6.07, 6.45) is -0.747. The van der Waals surface area contributed by atoms with Crippen molar-refractivity contribution in [1.29, 1.82) is 0 Å². The second kappa shape index (κ2) is 6.48. The van der Waals surface area contributed by atoms with E-state index in [1.54, 1.807) is 0 Å². The molecule has 1 unspecified atom stereocenters. The summed E-state index contributed by atoms with van der Waals surface area (Å²) in [5, 5.41) is 9.00. The molecule has 0 saturated carbocycles. The summed E-state index contributed by atoms with van der Waals surface area (Å²) in [5.41, 5.74) is 0. The molecule has 4 nitrogen and oxygen atoms in total. The predicted octanol–water partition coefficient (Wildman–Crippen LogP) is 1.85. The summed E-state index contributed by atoms with van der Waals surface area (Å²) in [5.74, 6) is -0.571. The second-order valence-electron chi connectivity index (χ2n) is 5.04. The number of ether oxygens (including phenoxy) is 1. The lowest BCUT2D eigenvalue weighted by molar-refractivity contribution is -0.150. The van der Waals surface area contributed by atoms with Crippen molar-refractivity contribution in [2.45, 2.75) is 39.2 Å². The van der Waals surface area contributed by atoms with Gasteiger partial charge in [0.25, 0.3) is 0 Å². The number of hydrogen-bond donors (Lipinski definition) is 1. The molecule has 0 aliphatic carbocycles. The van der Waals surface area contributed by atoms with Crippen LogP contribution in [0.4, 0.5) is 0 Å². The van der Waals surface area contributed by atoms with Crippen LogP contribution < -0.4 is 0 Å². The highest BCUT2D eigenvalue weighted by Crippen LogP contribution is 2.16. The maximum atomic E-state index is 11.1. The van der Waals surface area contributed by atoms with Crippen molar-refractivity contribution < 1.29 is 18.8 Å². The van der Waals surface area contributed by atoms with Crippen molar-refractivity contribution in [2.75, 3.05) is 10.3 Å². The van der Waals surface area contributed by atoms with Gasteiger partial charge in [0.1, 0.15) is 12.3 Å². The third-order valence-electron chi connectivity index (χ3n) is 1.78. The van der Waals surface area contributed by atoms with Crippen molar-refractivity contribution in [3.8, 4) is 0 Å². The molecule has 0 aliphatic rings. The molecule has 16 heavy (non-hydrogen) atoms. The van der Waals surface area contributed by atoms with Crippen molar-refractivity contribution in [3.63, 3.8) is 0 Å². The minimum Gasteiger partial charge on any atom is -0.465 e. The van der Waals surface area contributed by atoms with Crippen LogP contribution in [0.25, 0.3) is 0 Å². The molecule has 0 aromatic rings. The Labute approximate surface area is 113 Å². The van der Waals surface area contributed by atoms with Crippen molar-refractivity contribution in [3.05, 3.63) is 0 Å². The van der Waals surface area contributed by atoms with Crippen LogP contribution >= 0.6 is 22.6 Å². The Morgan fingerprint density at radius 1 is 1.31 bits per heavy atom. The molecule has 0 saturated heterocycles. The van der Waals surface area contributed by atoms with Crippen LogP contribution in [0.1, 0.15) is 6.92 Å². The first-order valence-electron chi connectivity index (χ1n) is 5.20. The van der Waals surface area contributed by atoms with E-state index in [2.05, 4.69) is 35.7 Å². The summed E-state index contributed by atoms with van der Waals surface area (Å²) in [4.78, 5) is 11.1. The van der Waals surface area contributed by atoms with Gasteiger partial charge in [0.2, 0.25) is 8.32 Å².